The van der Waals surface area contributed by atoms with E-state index in [1.54, 1.807) is 0 Å². The molecule has 1 aliphatic carbocycles. The van der Waals surface area contributed by atoms with E-state index in [-0.39, 0.29) is 48.0 Å². The van der Waals surface area contributed by atoms with Crippen molar-refractivity contribution in [1.82, 2.24) is 0 Å². The first-order valence-corrected chi connectivity index (χ1v) is 6.21. The van der Waals surface area contributed by atoms with E-state index in [0.717, 1.165) is 0 Å². The molecule has 0 amide bonds. The minimum atomic E-state index is 0. The number of hydrogen-bond acceptors (Lipinski definition) is 0. The molecule has 0 nitrogen and oxygen atoms in total. The Labute approximate surface area is 154 Å². The maximum atomic E-state index is 2.30. The zero-order chi connectivity index (χ0) is 11.0. The second-order valence-corrected chi connectivity index (χ2v) is 4.97. The summed E-state index contributed by atoms with van der Waals surface area (Å²) in [6, 6.07) is 19.4. The molecule has 2 aromatic rings. The Hall–Kier alpha value is 0.354. The van der Waals surface area contributed by atoms with Crippen molar-refractivity contribution in [3.05, 3.63) is 75.2 Å². The van der Waals surface area contributed by atoms with Crippen molar-refractivity contribution in [2.75, 3.05) is 0 Å². The second kappa shape index (κ2) is 7.22. The molecular formula is C15H11I2Ti. The molecule has 2 aromatic carbocycles. The van der Waals surface area contributed by atoms with Gasteiger partial charge in [0, 0.05) is 0 Å². The van der Waals surface area contributed by atoms with E-state index in [4.69, 9.17) is 0 Å². The van der Waals surface area contributed by atoms with E-state index >= 15 is 0 Å². The molecule has 3 rings (SSSR count). The Morgan fingerprint density at radius 3 is 2.11 bits per heavy atom. The zero-order valence-electron chi connectivity index (χ0n) is 9.61. The van der Waals surface area contributed by atoms with Crippen molar-refractivity contribution in [1.29, 1.82) is 0 Å². The van der Waals surface area contributed by atoms with Crippen molar-refractivity contribution in [2.24, 2.45) is 0 Å². The van der Waals surface area contributed by atoms with Crippen LogP contribution < -0.4 is 48.0 Å². The molecule has 0 aromatic heterocycles. The van der Waals surface area contributed by atoms with Gasteiger partial charge in [0.15, 0.2) is 0 Å². The van der Waals surface area contributed by atoms with Crippen LogP contribution in [0.2, 0.25) is 0 Å². The molecule has 0 saturated heterocycles. The standard InChI is InChI=1S/C15H11.2HI.Ti/c1-2-6-12(7-3-1)15-11-10-13-8-4-5-9-14(13)15;;;/h1-10,15H;2*1H;/q;;;+2/p-2. The van der Waals surface area contributed by atoms with Crippen LogP contribution in [0.15, 0.2) is 58.5 Å². The van der Waals surface area contributed by atoms with Crippen molar-refractivity contribution >= 4 is 6.08 Å². The third-order valence-electron chi connectivity index (χ3n) is 3.06. The topological polar surface area (TPSA) is 0 Å². The summed E-state index contributed by atoms with van der Waals surface area (Å²) in [5, 5.41) is 0. The second-order valence-electron chi connectivity index (χ2n) is 4.07. The van der Waals surface area contributed by atoms with Gasteiger partial charge in [-0.3, -0.25) is 0 Å². The summed E-state index contributed by atoms with van der Waals surface area (Å²) in [5.41, 5.74) is 4.20. The molecular weight excluding hydrogens is 482 g/mol. The van der Waals surface area contributed by atoms with Crippen LogP contribution in [0.25, 0.3) is 6.08 Å². The van der Waals surface area contributed by atoms with Gasteiger partial charge in [-0.05, 0) is 0 Å². The van der Waals surface area contributed by atoms with Crippen LogP contribution in [0.3, 0.4) is 0 Å². The zero-order valence-corrected chi connectivity index (χ0v) is 15.5. The fraction of sp³-hybridized carbons (Fsp3) is 0.0667. The maximum absolute atomic E-state index is 2.30. The molecule has 0 bridgehead atoms. The van der Waals surface area contributed by atoms with E-state index in [0.29, 0.717) is 5.92 Å². The predicted octanol–water partition coefficient (Wildman–Crippen LogP) is -2.27. The molecule has 18 heavy (non-hydrogen) atoms. The fourth-order valence-corrected chi connectivity index (χ4v) is 3.07. The van der Waals surface area contributed by atoms with Crippen LogP contribution in [-0.4, -0.2) is 0 Å². The van der Waals surface area contributed by atoms with Crippen LogP contribution in [0.5, 0.6) is 0 Å². The van der Waals surface area contributed by atoms with Crippen molar-refractivity contribution < 1.29 is 68.4 Å². The van der Waals surface area contributed by atoms with Gasteiger partial charge >= 0.3 is 108 Å². The molecule has 0 fully saturated rings. The Morgan fingerprint density at radius 1 is 0.778 bits per heavy atom. The van der Waals surface area contributed by atoms with Gasteiger partial charge in [0.2, 0.25) is 0 Å². The molecule has 0 N–H and O–H groups in total. The quantitative estimate of drug-likeness (QED) is 0.311. The molecule has 0 aliphatic heterocycles. The van der Waals surface area contributed by atoms with Gasteiger partial charge in [-0.2, -0.15) is 0 Å². The summed E-state index contributed by atoms with van der Waals surface area (Å²) in [6.45, 7) is 0. The molecule has 1 unspecified atom stereocenters. The van der Waals surface area contributed by atoms with Crippen LogP contribution in [-0.2, 0) is 20.4 Å². The molecule has 1 aliphatic rings. The number of hydrogen-bond donors (Lipinski definition) is 0. The summed E-state index contributed by atoms with van der Waals surface area (Å²) in [4.78, 5) is 0. The third-order valence-corrected chi connectivity index (χ3v) is 3.74. The Bertz CT molecular complexity index is 549. The average molecular weight is 493 g/mol. The summed E-state index contributed by atoms with van der Waals surface area (Å²) >= 11 is 2.22. The Kier molecular flexibility index (Phi) is 6.58. The molecule has 0 spiro atoms. The van der Waals surface area contributed by atoms with Crippen molar-refractivity contribution in [2.45, 2.75) is 5.92 Å². The van der Waals surface area contributed by atoms with Crippen LogP contribution in [0.1, 0.15) is 22.6 Å². The summed E-state index contributed by atoms with van der Waals surface area (Å²) in [5.74, 6) is 0.456. The first kappa shape index (κ1) is 16.4. The summed E-state index contributed by atoms with van der Waals surface area (Å²) in [7, 11) is 0. The van der Waals surface area contributed by atoms with E-state index in [1.165, 1.54) is 20.6 Å². The third kappa shape index (κ3) is 3.08. The van der Waals surface area contributed by atoms with Gasteiger partial charge in [-0.15, -0.1) is 0 Å². The molecule has 89 valence electrons. The Morgan fingerprint density at radius 2 is 1.39 bits per heavy atom. The van der Waals surface area contributed by atoms with Crippen LogP contribution >= 0.6 is 0 Å². The SMILES string of the molecule is [I-].[I-].[Ti+2][C]1=Cc2ccccc2C1c1ccccc1. The molecule has 1 atom stereocenters. The normalized spacial score (nSPS) is 16.1. The van der Waals surface area contributed by atoms with Gasteiger partial charge < -0.3 is 48.0 Å². The van der Waals surface area contributed by atoms with E-state index < -0.39 is 0 Å². The van der Waals surface area contributed by atoms with Gasteiger partial charge in [0.05, 0.1) is 0 Å². The summed E-state index contributed by atoms with van der Waals surface area (Å²) in [6.07, 6.45) is 2.30. The van der Waals surface area contributed by atoms with E-state index in [1.807, 2.05) is 0 Å². The number of fused-ring (bicyclic) bond motifs is 1. The van der Waals surface area contributed by atoms with Gasteiger partial charge in [-0.1, -0.05) is 0 Å². The first-order chi connectivity index (χ1) is 7.86. The number of allylic oxidation sites excluding steroid dienone is 1. The first-order valence-electron chi connectivity index (χ1n) is 5.43. The van der Waals surface area contributed by atoms with Crippen LogP contribution in [0.4, 0.5) is 0 Å². The number of halogens is 2. The van der Waals surface area contributed by atoms with Gasteiger partial charge in [0.25, 0.3) is 0 Å². The van der Waals surface area contributed by atoms with Crippen molar-refractivity contribution in [3.8, 4) is 0 Å². The average Bonchev–Trinajstić information content (AvgIpc) is 2.66. The van der Waals surface area contributed by atoms with Gasteiger partial charge in [0.1, 0.15) is 0 Å². The molecule has 0 heterocycles. The number of benzene rings is 2. The van der Waals surface area contributed by atoms with E-state index in [9.17, 15) is 0 Å². The molecule has 0 saturated carbocycles. The summed E-state index contributed by atoms with van der Waals surface area (Å²) < 4.78 is 1.44. The van der Waals surface area contributed by atoms with Crippen molar-refractivity contribution in [3.63, 3.8) is 0 Å². The fourth-order valence-electron chi connectivity index (χ4n) is 2.33. The predicted molar refractivity (Wildman–Crippen MR) is 62.7 cm³/mol. The van der Waals surface area contributed by atoms with E-state index in [2.05, 4.69) is 81.1 Å². The monoisotopic (exact) mass is 493 g/mol. The molecule has 0 radical (unpaired) electrons. The Balaban J connectivity index is 0.000000810. The number of rotatable bonds is 1. The molecule has 3 heteroatoms. The minimum absolute atomic E-state index is 0. The van der Waals surface area contributed by atoms with Crippen LogP contribution in [0, 0.1) is 0 Å². The van der Waals surface area contributed by atoms with Gasteiger partial charge in [-0.25, -0.2) is 0 Å².